The molecule has 4 heteroatoms. The maximum absolute atomic E-state index is 11.7. The molecule has 0 bridgehead atoms. The second-order valence-electron chi connectivity index (χ2n) is 4.56. The number of amides is 1. The van der Waals surface area contributed by atoms with Crippen molar-refractivity contribution in [3.63, 3.8) is 0 Å². The lowest BCUT2D eigenvalue weighted by Gasteiger charge is -2.23. The second-order valence-corrected chi connectivity index (χ2v) is 4.56. The van der Waals surface area contributed by atoms with Gasteiger partial charge in [0.05, 0.1) is 18.6 Å². The number of rotatable bonds is 5. The van der Waals surface area contributed by atoms with Crippen molar-refractivity contribution >= 4 is 11.7 Å². The molecule has 0 aliphatic carbocycles. The number of carbonyl (C=O) groups is 2. The van der Waals surface area contributed by atoms with Gasteiger partial charge in [-0.2, -0.15) is 0 Å². The lowest BCUT2D eigenvalue weighted by Crippen LogP contribution is -2.46. The molecule has 1 rings (SSSR count). The molecule has 0 spiro atoms. The van der Waals surface area contributed by atoms with Crippen LogP contribution in [0.25, 0.3) is 0 Å². The molecular weight excluding hydrogens is 218 g/mol. The van der Waals surface area contributed by atoms with Gasteiger partial charge in [-0.05, 0) is 13.8 Å². The van der Waals surface area contributed by atoms with E-state index in [4.69, 9.17) is 5.11 Å². The SMILES string of the molecule is CC(C)(CO)NC(=O)CC(=O)c1ccccc1. The normalized spacial score (nSPS) is 11.0. The Bertz CT molecular complexity index is 398. The van der Waals surface area contributed by atoms with Crippen LogP contribution in [0, 0.1) is 0 Å². The van der Waals surface area contributed by atoms with E-state index >= 15 is 0 Å². The molecule has 0 saturated heterocycles. The molecule has 1 amide bonds. The lowest BCUT2D eigenvalue weighted by molar-refractivity contribution is -0.122. The van der Waals surface area contributed by atoms with Gasteiger partial charge < -0.3 is 10.4 Å². The predicted molar refractivity (Wildman–Crippen MR) is 64.7 cm³/mol. The van der Waals surface area contributed by atoms with Crippen LogP contribution in [-0.2, 0) is 4.79 Å². The fraction of sp³-hybridized carbons (Fsp3) is 0.385. The van der Waals surface area contributed by atoms with Gasteiger partial charge in [-0.15, -0.1) is 0 Å². The van der Waals surface area contributed by atoms with Crippen molar-refractivity contribution < 1.29 is 14.7 Å². The number of hydrogen-bond acceptors (Lipinski definition) is 3. The number of hydrogen-bond donors (Lipinski definition) is 2. The van der Waals surface area contributed by atoms with E-state index in [-0.39, 0.29) is 24.7 Å². The van der Waals surface area contributed by atoms with Crippen molar-refractivity contribution in [1.82, 2.24) is 5.32 Å². The van der Waals surface area contributed by atoms with E-state index in [1.54, 1.807) is 38.1 Å². The van der Waals surface area contributed by atoms with Crippen LogP contribution in [0.3, 0.4) is 0 Å². The Morgan fingerprint density at radius 2 is 1.82 bits per heavy atom. The van der Waals surface area contributed by atoms with Gasteiger partial charge in [0.15, 0.2) is 5.78 Å². The molecule has 0 radical (unpaired) electrons. The van der Waals surface area contributed by atoms with Crippen LogP contribution >= 0.6 is 0 Å². The van der Waals surface area contributed by atoms with Crippen LogP contribution in [0.4, 0.5) is 0 Å². The summed E-state index contributed by atoms with van der Waals surface area (Å²) in [5.74, 6) is -0.602. The summed E-state index contributed by atoms with van der Waals surface area (Å²) >= 11 is 0. The molecule has 0 heterocycles. The van der Waals surface area contributed by atoms with E-state index in [0.717, 1.165) is 0 Å². The van der Waals surface area contributed by atoms with Crippen LogP contribution in [-0.4, -0.2) is 28.9 Å². The van der Waals surface area contributed by atoms with Gasteiger partial charge in [0.2, 0.25) is 5.91 Å². The minimum Gasteiger partial charge on any atom is -0.394 e. The van der Waals surface area contributed by atoms with Crippen LogP contribution in [0.1, 0.15) is 30.6 Å². The Hall–Kier alpha value is -1.68. The summed E-state index contributed by atoms with van der Waals surface area (Å²) in [6.07, 6.45) is -0.201. The van der Waals surface area contributed by atoms with Gasteiger partial charge in [0.1, 0.15) is 0 Å². The van der Waals surface area contributed by atoms with Crippen molar-refractivity contribution in [2.45, 2.75) is 25.8 Å². The molecule has 92 valence electrons. The lowest BCUT2D eigenvalue weighted by atomic mass is 10.0. The summed E-state index contributed by atoms with van der Waals surface area (Å²) in [6, 6.07) is 8.66. The molecule has 0 fully saturated rings. The van der Waals surface area contributed by atoms with Crippen LogP contribution < -0.4 is 5.32 Å². The van der Waals surface area contributed by atoms with Crippen molar-refractivity contribution in [3.8, 4) is 0 Å². The van der Waals surface area contributed by atoms with Gasteiger partial charge in [-0.25, -0.2) is 0 Å². The standard InChI is InChI=1S/C13H17NO3/c1-13(2,9-15)14-12(17)8-11(16)10-6-4-3-5-7-10/h3-7,15H,8-9H2,1-2H3,(H,14,17). The molecule has 0 unspecified atom stereocenters. The summed E-state index contributed by atoms with van der Waals surface area (Å²) in [5, 5.41) is 11.6. The van der Waals surface area contributed by atoms with E-state index in [9.17, 15) is 9.59 Å². The summed E-state index contributed by atoms with van der Waals surface area (Å²) in [4.78, 5) is 23.3. The van der Waals surface area contributed by atoms with Crippen molar-refractivity contribution in [2.75, 3.05) is 6.61 Å². The first-order valence-electron chi connectivity index (χ1n) is 5.45. The third-order valence-electron chi connectivity index (χ3n) is 2.29. The molecule has 1 aromatic carbocycles. The summed E-state index contributed by atoms with van der Waals surface area (Å²) in [6.45, 7) is 3.22. The number of Topliss-reactive ketones (excluding diaryl/α,β-unsaturated/α-hetero) is 1. The molecular formula is C13H17NO3. The van der Waals surface area contributed by atoms with Gasteiger partial charge in [-0.1, -0.05) is 30.3 Å². The fourth-order valence-electron chi connectivity index (χ4n) is 1.33. The zero-order valence-electron chi connectivity index (χ0n) is 10.1. The zero-order valence-corrected chi connectivity index (χ0v) is 10.1. The topological polar surface area (TPSA) is 66.4 Å². The van der Waals surface area contributed by atoms with Crippen molar-refractivity contribution in [1.29, 1.82) is 0 Å². The van der Waals surface area contributed by atoms with Gasteiger partial charge in [0.25, 0.3) is 0 Å². The molecule has 0 atom stereocenters. The quantitative estimate of drug-likeness (QED) is 0.594. The third kappa shape index (κ3) is 4.36. The summed E-state index contributed by atoms with van der Waals surface area (Å²) in [5.41, 5.74) is -0.182. The minimum atomic E-state index is -0.700. The van der Waals surface area contributed by atoms with E-state index in [2.05, 4.69) is 5.32 Å². The fourth-order valence-corrected chi connectivity index (χ4v) is 1.33. The van der Waals surface area contributed by atoms with E-state index in [1.165, 1.54) is 0 Å². The highest BCUT2D eigenvalue weighted by Crippen LogP contribution is 2.05. The first-order chi connectivity index (χ1) is 7.94. The summed E-state index contributed by atoms with van der Waals surface area (Å²) in [7, 11) is 0. The average molecular weight is 235 g/mol. The first-order valence-corrected chi connectivity index (χ1v) is 5.45. The molecule has 0 aromatic heterocycles. The highest BCUT2D eigenvalue weighted by Gasteiger charge is 2.20. The van der Waals surface area contributed by atoms with Gasteiger partial charge in [-0.3, -0.25) is 9.59 Å². The molecule has 0 saturated carbocycles. The van der Waals surface area contributed by atoms with E-state index in [0.29, 0.717) is 5.56 Å². The van der Waals surface area contributed by atoms with Gasteiger partial charge >= 0.3 is 0 Å². The largest absolute Gasteiger partial charge is 0.394 e. The third-order valence-corrected chi connectivity index (χ3v) is 2.29. The zero-order chi connectivity index (χ0) is 12.9. The van der Waals surface area contributed by atoms with E-state index in [1.807, 2.05) is 6.07 Å². The molecule has 2 N–H and O–H groups in total. The number of carbonyl (C=O) groups excluding carboxylic acids is 2. The first kappa shape index (κ1) is 13.4. The Kier molecular flexibility index (Phi) is 4.40. The number of aliphatic hydroxyl groups is 1. The monoisotopic (exact) mass is 235 g/mol. The van der Waals surface area contributed by atoms with Gasteiger partial charge in [0, 0.05) is 5.56 Å². The van der Waals surface area contributed by atoms with Crippen LogP contribution in [0.2, 0.25) is 0 Å². The number of ketones is 1. The molecule has 4 nitrogen and oxygen atoms in total. The Morgan fingerprint density at radius 3 is 2.35 bits per heavy atom. The smallest absolute Gasteiger partial charge is 0.228 e. The molecule has 1 aromatic rings. The highest BCUT2D eigenvalue weighted by atomic mass is 16.3. The van der Waals surface area contributed by atoms with Crippen molar-refractivity contribution in [2.24, 2.45) is 0 Å². The van der Waals surface area contributed by atoms with Crippen LogP contribution in [0.15, 0.2) is 30.3 Å². The molecule has 0 aliphatic heterocycles. The average Bonchev–Trinajstić information content (AvgIpc) is 2.29. The Labute approximate surface area is 101 Å². The number of aliphatic hydroxyl groups excluding tert-OH is 1. The highest BCUT2D eigenvalue weighted by molar-refractivity contribution is 6.07. The van der Waals surface area contributed by atoms with Crippen molar-refractivity contribution in [3.05, 3.63) is 35.9 Å². The number of nitrogens with one attached hydrogen (secondary N) is 1. The Morgan fingerprint density at radius 1 is 1.24 bits per heavy atom. The maximum Gasteiger partial charge on any atom is 0.228 e. The summed E-state index contributed by atoms with van der Waals surface area (Å²) < 4.78 is 0. The maximum atomic E-state index is 11.7. The molecule has 0 aliphatic rings. The molecule has 17 heavy (non-hydrogen) atoms. The predicted octanol–water partition coefficient (Wildman–Crippen LogP) is 1.15. The second kappa shape index (κ2) is 5.59. The number of benzene rings is 1. The van der Waals surface area contributed by atoms with E-state index < -0.39 is 5.54 Å². The minimum absolute atomic E-state index is 0.168. The Balaban J connectivity index is 2.56. The van der Waals surface area contributed by atoms with Crippen LogP contribution in [0.5, 0.6) is 0 Å².